The fraction of sp³-hybridized carbons (Fsp3) is 0.308. The molecule has 0 aliphatic carbocycles. The normalized spacial score (nSPS) is 10.6. The molecule has 0 aliphatic heterocycles. The molecule has 2 aromatic rings. The van der Waals surface area contributed by atoms with Crippen molar-refractivity contribution in [2.75, 3.05) is 6.61 Å². The van der Waals surface area contributed by atoms with Gasteiger partial charge in [-0.2, -0.15) is 0 Å². The highest BCUT2D eigenvalue weighted by Gasteiger charge is 2.20. The summed E-state index contributed by atoms with van der Waals surface area (Å²) in [6, 6.07) is 6.33. The molecule has 0 spiro atoms. The Morgan fingerprint density at radius 2 is 2.20 bits per heavy atom. The number of rotatable bonds is 5. The summed E-state index contributed by atoms with van der Waals surface area (Å²) in [5.74, 6) is -0.920. The second kappa shape index (κ2) is 6.25. The molecule has 1 aromatic carbocycles. The lowest BCUT2D eigenvalue weighted by atomic mass is 10.2. The maximum absolute atomic E-state index is 13.6. The molecule has 1 aromatic heterocycles. The Morgan fingerprint density at radius 3 is 2.85 bits per heavy atom. The van der Waals surface area contributed by atoms with Gasteiger partial charge in [0.05, 0.1) is 18.8 Å². The van der Waals surface area contributed by atoms with E-state index in [1.165, 1.54) is 10.7 Å². The van der Waals surface area contributed by atoms with E-state index < -0.39 is 5.97 Å². The summed E-state index contributed by atoms with van der Waals surface area (Å²) >= 11 is 0. The number of benzene rings is 1. The molecule has 6 nitrogen and oxygen atoms in total. The predicted octanol–water partition coefficient (Wildman–Crippen LogP) is 1.10. The molecule has 0 bridgehead atoms. The van der Waals surface area contributed by atoms with E-state index >= 15 is 0 Å². The average Bonchev–Trinajstić information content (AvgIpc) is 2.84. The molecule has 0 saturated heterocycles. The van der Waals surface area contributed by atoms with Crippen LogP contribution in [0.1, 0.15) is 28.7 Å². The van der Waals surface area contributed by atoms with Gasteiger partial charge in [-0.05, 0) is 13.0 Å². The number of nitrogens with two attached hydrogens (primary N) is 1. The first-order valence-corrected chi connectivity index (χ1v) is 6.20. The first kappa shape index (κ1) is 14.1. The molecule has 0 unspecified atom stereocenters. The SMILES string of the molecule is CCOC(=O)c1nnn(Cc2ccccc2F)c1CN. The van der Waals surface area contributed by atoms with E-state index in [9.17, 15) is 9.18 Å². The Hall–Kier alpha value is -2.28. The van der Waals surface area contributed by atoms with Gasteiger partial charge < -0.3 is 10.5 Å². The minimum atomic E-state index is -0.576. The van der Waals surface area contributed by atoms with E-state index in [0.717, 1.165) is 0 Å². The Labute approximate surface area is 115 Å². The molecule has 2 N–H and O–H groups in total. The highest BCUT2D eigenvalue weighted by atomic mass is 19.1. The van der Waals surface area contributed by atoms with E-state index in [1.807, 2.05) is 0 Å². The van der Waals surface area contributed by atoms with E-state index in [0.29, 0.717) is 11.3 Å². The number of halogens is 1. The smallest absolute Gasteiger partial charge is 0.360 e. The Bertz CT molecular complexity index is 612. The van der Waals surface area contributed by atoms with Gasteiger partial charge in [0.25, 0.3) is 0 Å². The number of nitrogens with zero attached hydrogens (tertiary/aromatic N) is 3. The van der Waals surface area contributed by atoms with Crippen molar-refractivity contribution in [2.45, 2.75) is 20.0 Å². The molecule has 0 atom stereocenters. The van der Waals surface area contributed by atoms with Crippen LogP contribution in [0.3, 0.4) is 0 Å². The zero-order valence-electron chi connectivity index (χ0n) is 11.0. The third-order valence-electron chi connectivity index (χ3n) is 2.78. The van der Waals surface area contributed by atoms with Gasteiger partial charge in [0.15, 0.2) is 5.69 Å². The maximum Gasteiger partial charge on any atom is 0.360 e. The van der Waals surface area contributed by atoms with Crippen molar-refractivity contribution in [1.82, 2.24) is 15.0 Å². The van der Waals surface area contributed by atoms with Crippen LogP contribution in [-0.2, 0) is 17.8 Å². The summed E-state index contributed by atoms with van der Waals surface area (Å²) in [6.07, 6.45) is 0. The highest BCUT2D eigenvalue weighted by Crippen LogP contribution is 2.12. The van der Waals surface area contributed by atoms with Gasteiger partial charge in [-0.1, -0.05) is 23.4 Å². The molecule has 7 heteroatoms. The van der Waals surface area contributed by atoms with E-state index in [-0.39, 0.29) is 31.2 Å². The van der Waals surface area contributed by atoms with Crippen molar-refractivity contribution in [2.24, 2.45) is 5.73 Å². The minimum absolute atomic E-state index is 0.0651. The Morgan fingerprint density at radius 1 is 1.45 bits per heavy atom. The first-order valence-electron chi connectivity index (χ1n) is 6.20. The van der Waals surface area contributed by atoms with Crippen molar-refractivity contribution >= 4 is 5.97 Å². The van der Waals surface area contributed by atoms with Crippen molar-refractivity contribution in [1.29, 1.82) is 0 Å². The lowest BCUT2D eigenvalue weighted by molar-refractivity contribution is 0.0518. The number of hydrogen-bond donors (Lipinski definition) is 1. The average molecular weight is 278 g/mol. The van der Waals surface area contributed by atoms with E-state index in [1.54, 1.807) is 25.1 Å². The van der Waals surface area contributed by atoms with Gasteiger partial charge in [-0.15, -0.1) is 5.10 Å². The zero-order chi connectivity index (χ0) is 14.5. The number of aromatic nitrogens is 3. The second-order valence-electron chi connectivity index (χ2n) is 4.06. The molecular weight excluding hydrogens is 263 g/mol. The molecule has 1 heterocycles. The second-order valence-corrected chi connectivity index (χ2v) is 4.06. The largest absolute Gasteiger partial charge is 0.461 e. The summed E-state index contributed by atoms with van der Waals surface area (Å²) in [5, 5.41) is 7.61. The van der Waals surface area contributed by atoms with Crippen LogP contribution in [0.2, 0.25) is 0 Å². The fourth-order valence-electron chi connectivity index (χ4n) is 1.81. The quantitative estimate of drug-likeness (QED) is 0.828. The Balaban J connectivity index is 2.29. The molecule has 0 saturated carbocycles. The van der Waals surface area contributed by atoms with Crippen molar-refractivity contribution in [3.8, 4) is 0 Å². The van der Waals surface area contributed by atoms with Gasteiger partial charge in [-0.3, -0.25) is 0 Å². The lowest BCUT2D eigenvalue weighted by Crippen LogP contribution is -2.15. The van der Waals surface area contributed by atoms with Crippen molar-refractivity contribution in [3.05, 3.63) is 47.0 Å². The number of carbonyl (C=O) groups excluding carboxylic acids is 1. The van der Waals surface area contributed by atoms with E-state index in [2.05, 4.69) is 10.3 Å². The number of hydrogen-bond acceptors (Lipinski definition) is 5. The van der Waals surface area contributed by atoms with Crippen molar-refractivity contribution < 1.29 is 13.9 Å². The van der Waals surface area contributed by atoms with Gasteiger partial charge in [0.1, 0.15) is 5.82 Å². The van der Waals surface area contributed by atoms with Crippen LogP contribution < -0.4 is 5.73 Å². The molecule has 0 fully saturated rings. The fourth-order valence-corrected chi connectivity index (χ4v) is 1.81. The highest BCUT2D eigenvalue weighted by molar-refractivity contribution is 5.88. The first-order chi connectivity index (χ1) is 9.67. The molecule has 0 amide bonds. The van der Waals surface area contributed by atoms with Crippen LogP contribution in [0.5, 0.6) is 0 Å². The minimum Gasteiger partial charge on any atom is -0.461 e. The zero-order valence-corrected chi connectivity index (χ0v) is 11.0. The maximum atomic E-state index is 13.6. The Kier molecular flexibility index (Phi) is 4.41. The number of carbonyl (C=O) groups is 1. The summed E-state index contributed by atoms with van der Waals surface area (Å²) < 4.78 is 19.9. The molecule has 106 valence electrons. The molecule has 0 aliphatic rings. The monoisotopic (exact) mass is 278 g/mol. The third-order valence-corrected chi connectivity index (χ3v) is 2.78. The van der Waals surface area contributed by atoms with Gasteiger partial charge in [0.2, 0.25) is 0 Å². The molecular formula is C13H15FN4O2. The topological polar surface area (TPSA) is 83.0 Å². The van der Waals surface area contributed by atoms with Crippen LogP contribution >= 0.6 is 0 Å². The van der Waals surface area contributed by atoms with Gasteiger partial charge in [-0.25, -0.2) is 13.9 Å². The van der Waals surface area contributed by atoms with E-state index in [4.69, 9.17) is 10.5 Å². The summed E-state index contributed by atoms with van der Waals surface area (Å²) in [7, 11) is 0. The van der Waals surface area contributed by atoms with Gasteiger partial charge in [0, 0.05) is 12.1 Å². The molecule has 20 heavy (non-hydrogen) atoms. The molecule has 0 radical (unpaired) electrons. The summed E-state index contributed by atoms with van der Waals surface area (Å²) in [6.45, 7) is 2.16. The lowest BCUT2D eigenvalue weighted by Gasteiger charge is -2.06. The number of esters is 1. The van der Waals surface area contributed by atoms with Crippen LogP contribution in [0.4, 0.5) is 4.39 Å². The predicted molar refractivity (Wildman–Crippen MR) is 69.4 cm³/mol. The van der Waals surface area contributed by atoms with Crippen molar-refractivity contribution in [3.63, 3.8) is 0 Å². The summed E-state index contributed by atoms with van der Waals surface area (Å²) in [4.78, 5) is 11.7. The van der Waals surface area contributed by atoms with Crippen LogP contribution in [0.15, 0.2) is 24.3 Å². The third kappa shape index (κ3) is 2.83. The summed E-state index contributed by atoms with van der Waals surface area (Å²) in [5.41, 5.74) is 6.56. The van der Waals surface area contributed by atoms with Crippen LogP contribution in [-0.4, -0.2) is 27.6 Å². The van der Waals surface area contributed by atoms with Gasteiger partial charge >= 0.3 is 5.97 Å². The van der Waals surface area contributed by atoms with Crippen LogP contribution in [0.25, 0.3) is 0 Å². The number of ether oxygens (including phenoxy) is 1. The molecule has 2 rings (SSSR count). The van der Waals surface area contributed by atoms with Crippen LogP contribution in [0, 0.1) is 5.82 Å². The standard InChI is InChI=1S/C13H15FN4O2/c1-2-20-13(19)12-11(7-15)18(17-16-12)8-9-5-3-4-6-10(9)14/h3-6H,2,7-8,15H2,1H3.